The van der Waals surface area contributed by atoms with Gasteiger partial charge < -0.3 is 15.2 Å². The Balaban J connectivity index is 2.68. The first-order valence-electron chi connectivity index (χ1n) is 5.36. The Bertz CT molecular complexity index is 207. The summed E-state index contributed by atoms with van der Waals surface area (Å²) in [5.41, 5.74) is 5.68. The highest BCUT2D eigenvalue weighted by atomic mass is 16.5. The number of rotatable bonds is 4. The fraction of sp³-hybridized carbons (Fsp3) is 0.900. The molecule has 88 valence electrons. The zero-order chi connectivity index (χ0) is 11.3. The molecule has 2 N–H and O–H groups in total. The molecular weight excluding hydrogens is 196 g/mol. The number of carbonyl (C=O) groups is 1. The van der Waals surface area contributed by atoms with Gasteiger partial charge in [0.25, 0.3) is 0 Å². The molecule has 1 aliphatic heterocycles. The van der Waals surface area contributed by atoms with E-state index in [1.807, 2.05) is 0 Å². The topological polar surface area (TPSA) is 64.8 Å². The van der Waals surface area contributed by atoms with Crippen molar-refractivity contribution in [1.29, 1.82) is 0 Å². The molecule has 15 heavy (non-hydrogen) atoms. The van der Waals surface area contributed by atoms with Crippen LogP contribution < -0.4 is 5.73 Å². The van der Waals surface area contributed by atoms with Crippen molar-refractivity contribution in [3.8, 4) is 0 Å². The second kappa shape index (κ2) is 6.05. The SMILES string of the molecule is CCC(CN)N1CCOCC1C(=O)OC. The van der Waals surface area contributed by atoms with Crippen LogP contribution in [-0.4, -0.2) is 56.4 Å². The molecule has 0 aromatic heterocycles. The van der Waals surface area contributed by atoms with Gasteiger partial charge in [-0.3, -0.25) is 9.69 Å². The molecule has 1 rings (SSSR count). The van der Waals surface area contributed by atoms with E-state index in [4.69, 9.17) is 15.2 Å². The van der Waals surface area contributed by atoms with Crippen molar-refractivity contribution in [3.05, 3.63) is 0 Å². The molecule has 1 saturated heterocycles. The summed E-state index contributed by atoms with van der Waals surface area (Å²) in [5, 5.41) is 0. The monoisotopic (exact) mass is 216 g/mol. The van der Waals surface area contributed by atoms with Crippen LogP contribution in [0.25, 0.3) is 0 Å². The Morgan fingerprint density at radius 3 is 3.00 bits per heavy atom. The van der Waals surface area contributed by atoms with E-state index in [1.165, 1.54) is 7.11 Å². The number of morpholine rings is 1. The molecule has 1 fully saturated rings. The number of methoxy groups -OCH3 is 1. The van der Waals surface area contributed by atoms with Crippen molar-refractivity contribution in [1.82, 2.24) is 4.90 Å². The average Bonchev–Trinajstić information content (AvgIpc) is 2.30. The number of nitrogens with two attached hydrogens (primary N) is 1. The molecule has 5 heteroatoms. The van der Waals surface area contributed by atoms with Crippen molar-refractivity contribution < 1.29 is 14.3 Å². The maximum absolute atomic E-state index is 11.5. The number of carbonyl (C=O) groups excluding carboxylic acids is 1. The number of hydrogen-bond donors (Lipinski definition) is 1. The lowest BCUT2D eigenvalue weighted by molar-refractivity contribution is -0.155. The van der Waals surface area contributed by atoms with Gasteiger partial charge >= 0.3 is 5.97 Å². The summed E-state index contributed by atoms with van der Waals surface area (Å²) >= 11 is 0. The third-order valence-electron chi connectivity index (χ3n) is 2.86. The van der Waals surface area contributed by atoms with Gasteiger partial charge in [-0.25, -0.2) is 0 Å². The first-order chi connectivity index (χ1) is 7.24. The highest BCUT2D eigenvalue weighted by Gasteiger charge is 2.33. The van der Waals surface area contributed by atoms with Crippen LogP contribution in [0.15, 0.2) is 0 Å². The van der Waals surface area contributed by atoms with E-state index in [0.717, 1.165) is 13.0 Å². The molecule has 0 aromatic carbocycles. The molecule has 0 spiro atoms. The smallest absolute Gasteiger partial charge is 0.325 e. The Morgan fingerprint density at radius 1 is 1.73 bits per heavy atom. The van der Waals surface area contributed by atoms with E-state index in [-0.39, 0.29) is 18.1 Å². The molecule has 0 aromatic rings. The van der Waals surface area contributed by atoms with Gasteiger partial charge in [-0.1, -0.05) is 6.92 Å². The van der Waals surface area contributed by atoms with Crippen molar-refractivity contribution in [3.63, 3.8) is 0 Å². The predicted molar refractivity (Wildman–Crippen MR) is 56.5 cm³/mol. The van der Waals surface area contributed by atoms with Gasteiger partial charge in [-0.05, 0) is 6.42 Å². The van der Waals surface area contributed by atoms with Crippen molar-refractivity contribution >= 4 is 5.97 Å². The van der Waals surface area contributed by atoms with Gasteiger partial charge in [0.15, 0.2) is 0 Å². The van der Waals surface area contributed by atoms with E-state index in [9.17, 15) is 4.79 Å². The molecule has 0 radical (unpaired) electrons. The van der Waals surface area contributed by atoms with Gasteiger partial charge in [0.05, 0.1) is 20.3 Å². The molecule has 2 unspecified atom stereocenters. The molecular formula is C10H20N2O3. The number of hydrogen-bond acceptors (Lipinski definition) is 5. The summed E-state index contributed by atoms with van der Waals surface area (Å²) in [4.78, 5) is 13.6. The van der Waals surface area contributed by atoms with Gasteiger partial charge in [0, 0.05) is 19.1 Å². The molecule has 0 bridgehead atoms. The molecule has 0 amide bonds. The third-order valence-corrected chi connectivity index (χ3v) is 2.86. The van der Waals surface area contributed by atoms with Crippen molar-refractivity contribution in [2.45, 2.75) is 25.4 Å². The second-order valence-electron chi connectivity index (χ2n) is 3.65. The maximum Gasteiger partial charge on any atom is 0.325 e. The maximum atomic E-state index is 11.5. The molecule has 0 saturated carbocycles. The summed E-state index contributed by atoms with van der Waals surface area (Å²) in [6.07, 6.45) is 0.935. The minimum Gasteiger partial charge on any atom is -0.468 e. The van der Waals surface area contributed by atoms with Crippen LogP contribution in [0.2, 0.25) is 0 Å². The fourth-order valence-electron chi connectivity index (χ4n) is 1.93. The van der Waals surface area contributed by atoms with Crippen LogP contribution in [0.3, 0.4) is 0 Å². The second-order valence-corrected chi connectivity index (χ2v) is 3.65. The van der Waals surface area contributed by atoms with E-state index in [2.05, 4.69) is 11.8 Å². The van der Waals surface area contributed by atoms with E-state index in [0.29, 0.717) is 19.8 Å². The van der Waals surface area contributed by atoms with Gasteiger partial charge in [-0.15, -0.1) is 0 Å². The van der Waals surface area contributed by atoms with Gasteiger partial charge in [0.2, 0.25) is 0 Å². The Hall–Kier alpha value is -0.650. The van der Waals surface area contributed by atoms with Crippen LogP contribution in [0.1, 0.15) is 13.3 Å². The minimum atomic E-state index is -0.294. The number of esters is 1. The predicted octanol–water partition coefficient (Wildman–Crippen LogP) is -0.402. The Kier molecular flexibility index (Phi) is 5.01. The Labute approximate surface area is 90.5 Å². The highest BCUT2D eigenvalue weighted by Crippen LogP contribution is 2.14. The third kappa shape index (κ3) is 2.90. The number of nitrogens with zero attached hydrogens (tertiary/aromatic N) is 1. The Morgan fingerprint density at radius 2 is 2.47 bits per heavy atom. The van der Waals surface area contributed by atoms with E-state index in [1.54, 1.807) is 0 Å². The standard InChI is InChI=1S/C10H20N2O3/c1-3-8(6-11)12-4-5-15-7-9(12)10(13)14-2/h8-9H,3-7,11H2,1-2H3. The zero-order valence-corrected chi connectivity index (χ0v) is 9.44. The lowest BCUT2D eigenvalue weighted by atomic mass is 10.1. The normalized spacial score (nSPS) is 24.9. The molecule has 2 atom stereocenters. The summed E-state index contributed by atoms with van der Waals surface area (Å²) in [6.45, 7) is 4.44. The average molecular weight is 216 g/mol. The molecule has 1 heterocycles. The quantitative estimate of drug-likeness (QED) is 0.648. The summed E-state index contributed by atoms with van der Waals surface area (Å²) in [5.74, 6) is -0.235. The van der Waals surface area contributed by atoms with Crippen LogP contribution >= 0.6 is 0 Å². The van der Waals surface area contributed by atoms with Crippen molar-refractivity contribution in [2.24, 2.45) is 5.73 Å². The minimum absolute atomic E-state index is 0.234. The lowest BCUT2D eigenvalue weighted by Gasteiger charge is -2.38. The summed E-state index contributed by atoms with van der Waals surface area (Å²) in [6, 6.07) is -0.0600. The first-order valence-corrected chi connectivity index (χ1v) is 5.36. The lowest BCUT2D eigenvalue weighted by Crippen LogP contribution is -2.56. The molecule has 0 aliphatic carbocycles. The zero-order valence-electron chi connectivity index (χ0n) is 9.44. The van der Waals surface area contributed by atoms with Crippen LogP contribution in [0.4, 0.5) is 0 Å². The highest BCUT2D eigenvalue weighted by molar-refractivity contribution is 5.76. The van der Waals surface area contributed by atoms with Crippen LogP contribution in [-0.2, 0) is 14.3 Å². The number of ether oxygens (including phenoxy) is 2. The van der Waals surface area contributed by atoms with Crippen LogP contribution in [0.5, 0.6) is 0 Å². The van der Waals surface area contributed by atoms with Crippen molar-refractivity contribution in [2.75, 3.05) is 33.4 Å². The van der Waals surface area contributed by atoms with Crippen LogP contribution in [0, 0.1) is 0 Å². The summed E-state index contributed by atoms with van der Waals surface area (Å²) in [7, 11) is 1.40. The van der Waals surface area contributed by atoms with E-state index >= 15 is 0 Å². The first kappa shape index (κ1) is 12.4. The van der Waals surface area contributed by atoms with Gasteiger partial charge in [0.1, 0.15) is 6.04 Å². The largest absolute Gasteiger partial charge is 0.468 e. The summed E-state index contributed by atoms with van der Waals surface area (Å²) < 4.78 is 10.0. The fourth-order valence-corrected chi connectivity index (χ4v) is 1.93. The van der Waals surface area contributed by atoms with Gasteiger partial charge in [-0.2, -0.15) is 0 Å². The molecule has 5 nitrogen and oxygen atoms in total. The van der Waals surface area contributed by atoms with E-state index < -0.39 is 0 Å². The molecule has 1 aliphatic rings.